The Labute approximate surface area is 149 Å². The van der Waals surface area contributed by atoms with E-state index in [1.807, 2.05) is 31.4 Å². The van der Waals surface area contributed by atoms with Gasteiger partial charge in [0, 0.05) is 32.4 Å². The van der Waals surface area contributed by atoms with Crippen molar-refractivity contribution in [1.29, 1.82) is 5.26 Å². The monoisotopic (exact) mass is 353 g/mol. The second-order valence-electron chi connectivity index (χ2n) is 6.06. The zero-order chi connectivity index (χ0) is 17.4. The number of nitrogens with zero attached hydrogens (tertiary/aromatic N) is 6. The van der Waals surface area contributed by atoms with Crippen LogP contribution in [0.15, 0.2) is 30.7 Å². The minimum Gasteiger partial charge on any atom is -0.355 e. The first-order valence-corrected chi connectivity index (χ1v) is 8.37. The van der Waals surface area contributed by atoms with Gasteiger partial charge in [0.05, 0.1) is 10.9 Å². The molecular weight excluding hydrogens is 338 g/mol. The Balaban J connectivity index is 1.55. The molecule has 1 unspecified atom stereocenters. The van der Waals surface area contributed by atoms with E-state index in [-0.39, 0.29) is 5.15 Å². The quantitative estimate of drug-likeness (QED) is 0.728. The van der Waals surface area contributed by atoms with Gasteiger partial charge in [0.1, 0.15) is 34.8 Å². The van der Waals surface area contributed by atoms with Crippen LogP contribution in [0.2, 0.25) is 5.15 Å². The average Bonchev–Trinajstić information content (AvgIpc) is 3.30. The van der Waals surface area contributed by atoms with Gasteiger partial charge < -0.3 is 14.8 Å². The molecule has 0 spiro atoms. The number of rotatable bonds is 3. The van der Waals surface area contributed by atoms with E-state index >= 15 is 0 Å². The number of pyridine rings is 1. The maximum Gasteiger partial charge on any atom is 0.149 e. The van der Waals surface area contributed by atoms with Crippen LogP contribution < -0.4 is 9.80 Å². The predicted molar refractivity (Wildman–Crippen MR) is 96.9 cm³/mol. The maximum atomic E-state index is 8.98. The number of hydrogen-bond donors (Lipinski definition) is 1. The fourth-order valence-electron chi connectivity index (χ4n) is 3.25. The first-order valence-electron chi connectivity index (χ1n) is 8.00. The van der Waals surface area contributed by atoms with Gasteiger partial charge in [0.25, 0.3) is 0 Å². The largest absolute Gasteiger partial charge is 0.355 e. The molecule has 1 atom stereocenters. The molecule has 4 rings (SSSR count). The number of aromatic amines is 1. The van der Waals surface area contributed by atoms with Gasteiger partial charge in [-0.1, -0.05) is 11.6 Å². The summed E-state index contributed by atoms with van der Waals surface area (Å²) in [6.45, 7) is 1.75. The fourth-order valence-corrected chi connectivity index (χ4v) is 3.44. The van der Waals surface area contributed by atoms with E-state index in [0.29, 0.717) is 11.6 Å². The smallest absolute Gasteiger partial charge is 0.149 e. The molecule has 4 heterocycles. The Morgan fingerprint density at radius 1 is 1.36 bits per heavy atom. The second-order valence-corrected chi connectivity index (χ2v) is 6.41. The molecule has 8 heteroatoms. The Morgan fingerprint density at radius 3 is 3.04 bits per heavy atom. The highest BCUT2D eigenvalue weighted by atomic mass is 35.5. The van der Waals surface area contributed by atoms with E-state index in [4.69, 9.17) is 16.9 Å². The van der Waals surface area contributed by atoms with Crippen LogP contribution in [0.25, 0.3) is 11.0 Å². The van der Waals surface area contributed by atoms with Crippen molar-refractivity contribution in [3.63, 3.8) is 0 Å². The highest BCUT2D eigenvalue weighted by molar-refractivity contribution is 6.30. The third-order valence-electron chi connectivity index (χ3n) is 4.66. The van der Waals surface area contributed by atoms with Crippen molar-refractivity contribution in [3.8, 4) is 6.07 Å². The summed E-state index contributed by atoms with van der Waals surface area (Å²) in [7, 11) is 2.00. The highest BCUT2D eigenvalue weighted by Gasteiger charge is 2.28. The zero-order valence-electron chi connectivity index (χ0n) is 13.6. The summed E-state index contributed by atoms with van der Waals surface area (Å²) in [5.41, 5.74) is 1.24. The Morgan fingerprint density at radius 2 is 2.24 bits per heavy atom. The van der Waals surface area contributed by atoms with Gasteiger partial charge >= 0.3 is 0 Å². The molecule has 7 nitrogen and oxygen atoms in total. The minimum absolute atomic E-state index is 0.242. The van der Waals surface area contributed by atoms with Crippen LogP contribution in [0.4, 0.5) is 11.6 Å². The molecule has 3 aromatic rings. The third kappa shape index (κ3) is 2.75. The lowest BCUT2D eigenvalue weighted by molar-refractivity contribution is 0.684. The highest BCUT2D eigenvalue weighted by Crippen LogP contribution is 2.28. The van der Waals surface area contributed by atoms with E-state index in [1.54, 1.807) is 12.4 Å². The average molecular weight is 354 g/mol. The first kappa shape index (κ1) is 15.7. The summed E-state index contributed by atoms with van der Waals surface area (Å²) in [6, 6.07) is 7.88. The standard InChI is InChI=1S/C17H16ClN7/c1-24(14-3-2-11(8-19)15(18)23-14)12-5-7-25(9-12)17-13-4-6-20-16(13)21-10-22-17/h2-4,6,10,12H,5,7,9H2,1H3,(H,20,21,22). The molecule has 25 heavy (non-hydrogen) atoms. The first-order chi connectivity index (χ1) is 12.2. The summed E-state index contributed by atoms with van der Waals surface area (Å²) in [5, 5.41) is 10.3. The maximum absolute atomic E-state index is 8.98. The Bertz CT molecular complexity index is 961. The van der Waals surface area contributed by atoms with Crippen LogP contribution in [0.3, 0.4) is 0 Å². The number of nitrogens with one attached hydrogen (secondary N) is 1. The molecule has 126 valence electrons. The molecule has 0 aliphatic carbocycles. The molecule has 0 saturated carbocycles. The third-order valence-corrected chi connectivity index (χ3v) is 4.95. The summed E-state index contributed by atoms with van der Waals surface area (Å²) in [6.07, 6.45) is 4.46. The lowest BCUT2D eigenvalue weighted by atomic mass is 10.2. The zero-order valence-corrected chi connectivity index (χ0v) is 14.4. The van der Waals surface area contributed by atoms with E-state index in [1.165, 1.54) is 0 Å². The predicted octanol–water partition coefficient (Wildman–Crippen LogP) is 2.59. The summed E-state index contributed by atoms with van der Waals surface area (Å²) in [4.78, 5) is 20.6. The van der Waals surface area contributed by atoms with Crippen molar-refractivity contribution >= 4 is 34.3 Å². The normalized spacial score (nSPS) is 17.0. The lowest BCUT2D eigenvalue weighted by Crippen LogP contribution is -2.35. The lowest BCUT2D eigenvalue weighted by Gasteiger charge is -2.26. The number of hydrogen-bond acceptors (Lipinski definition) is 6. The fraction of sp³-hybridized carbons (Fsp3) is 0.294. The van der Waals surface area contributed by atoms with Crippen LogP contribution in [-0.2, 0) is 0 Å². The van der Waals surface area contributed by atoms with Gasteiger partial charge in [-0.2, -0.15) is 5.26 Å². The summed E-state index contributed by atoms with van der Waals surface area (Å²) < 4.78 is 0. The van der Waals surface area contributed by atoms with Crippen molar-refractivity contribution in [1.82, 2.24) is 19.9 Å². The molecule has 0 aromatic carbocycles. The number of aromatic nitrogens is 4. The SMILES string of the molecule is CN(c1ccc(C#N)c(Cl)n1)C1CCN(c2ncnc3[nH]ccc23)C1. The van der Waals surface area contributed by atoms with Crippen LogP contribution in [0.1, 0.15) is 12.0 Å². The molecule has 0 bridgehead atoms. The molecular formula is C17H16ClN7. The summed E-state index contributed by atoms with van der Waals surface area (Å²) >= 11 is 6.07. The van der Waals surface area contributed by atoms with Gasteiger partial charge in [-0.3, -0.25) is 0 Å². The number of fused-ring (bicyclic) bond motifs is 1. The van der Waals surface area contributed by atoms with Gasteiger partial charge in [-0.05, 0) is 24.6 Å². The molecule has 1 aliphatic rings. The van der Waals surface area contributed by atoms with Crippen LogP contribution in [-0.4, -0.2) is 46.1 Å². The van der Waals surface area contributed by atoms with Crippen molar-refractivity contribution in [2.24, 2.45) is 0 Å². The van der Waals surface area contributed by atoms with Crippen LogP contribution in [0.5, 0.6) is 0 Å². The molecule has 1 N–H and O–H groups in total. The van der Waals surface area contributed by atoms with Gasteiger partial charge in [0.2, 0.25) is 0 Å². The molecule has 1 saturated heterocycles. The molecule has 1 fully saturated rings. The van der Waals surface area contributed by atoms with Gasteiger partial charge in [-0.25, -0.2) is 15.0 Å². The van der Waals surface area contributed by atoms with Crippen molar-refractivity contribution < 1.29 is 0 Å². The topological polar surface area (TPSA) is 84.7 Å². The number of H-pyrrole nitrogens is 1. The number of halogens is 1. The summed E-state index contributed by atoms with van der Waals surface area (Å²) in [5.74, 6) is 1.72. The number of anilines is 2. The number of nitriles is 1. The Hall–Kier alpha value is -2.85. The molecule has 0 amide bonds. The van der Waals surface area contributed by atoms with Crippen LogP contribution >= 0.6 is 11.6 Å². The van der Waals surface area contributed by atoms with Crippen molar-refractivity contribution in [2.45, 2.75) is 12.5 Å². The van der Waals surface area contributed by atoms with E-state index in [9.17, 15) is 0 Å². The second kappa shape index (κ2) is 6.22. The molecule has 1 aliphatic heterocycles. The van der Waals surface area contributed by atoms with Gasteiger partial charge in [-0.15, -0.1) is 0 Å². The minimum atomic E-state index is 0.242. The molecule has 0 radical (unpaired) electrons. The van der Waals surface area contributed by atoms with Crippen LogP contribution in [0, 0.1) is 11.3 Å². The molecule has 3 aromatic heterocycles. The number of likely N-dealkylation sites (N-methyl/N-ethyl adjacent to an activating group) is 1. The van der Waals surface area contributed by atoms with E-state index < -0.39 is 0 Å². The van der Waals surface area contributed by atoms with E-state index in [0.717, 1.165) is 42.2 Å². The van der Waals surface area contributed by atoms with Crippen molar-refractivity contribution in [2.75, 3.05) is 29.9 Å². The van der Waals surface area contributed by atoms with Gasteiger partial charge in [0.15, 0.2) is 0 Å². The van der Waals surface area contributed by atoms with Crippen molar-refractivity contribution in [3.05, 3.63) is 41.4 Å². The van der Waals surface area contributed by atoms with E-state index in [2.05, 4.69) is 29.7 Å². The Kier molecular flexibility index (Phi) is 3.90.